The maximum Gasteiger partial charge on any atom is 0.313 e. The Morgan fingerprint density at radius 1 is 1.27 bits per heavy atom. The van der Waals surface area contributed by atoms with Crippen LogP contribution < -0.4 is 10.6 Å². The molecule has 2 rings (SSSR count). The van der Waals surface area contributed by atoms with Gasteiger partial charge < -0.3 is 15.1 Å². The summed E-state index contributed by atoms with van der Waals surface area (Å²) in [6, 6.07) is 7.34. The summed E-state index contributed by atoms with van der Waals surface area (Å²) in [5, 5.41) is 15.8. The van der Waals surface area contributed by atoms with Crippen molar-refractivity contribution in [2.75, 3.05) is 26.0 Å². The van der Waals surface area contributed by atoms with E-state index in [-0.39, 0.29) is 24.0 Å². The van der Waals surface area contributed by atoms with Gasteiger partial charge in [0.25, 0.3) is 5.69 Å². The van der Waals surface area contributed by atoms with Crippen molar-refractivity contribution in [2.45, 2.75) is 13.0 Å². The minimum Gasteiger partial charge on any atom is -0.468 e. The Hall–Kier alpha value is -3.20. The molecule has 9 nitrogen and oxygen atoms in total. The SMILES string of the molecule is Cc1ccc([N+](=O)[O-])cc1NC(=O)C(=O)NC[C@H](c1ccco1)N(C)C. The number of amides is 2. The third-order valence-electron chi connectivity index (χ3n) is 3.84. The molecule has 0 saturated carbocycles. The van der Waals surface area contributed by atoms with Gasteiger partial charge >= 0.3 is 11.8 Å². The summed E-state index contributed by atoms with van der Waals surface area (Å²) in [5.74, 6) is -1.08. The fourth-order valence-corrected chi connectivity index (χ4v) is 2.33. The van der Waals surface area contributed by atoms with Crippen LogP contribution >= 0.6 is 0 Å². The Labute approximate surface area is 150 Å². The smallest absolute Gasteiger partial charge is 0.313 e. The Bertz CT molecular complexity index is 801. The van der Waals surface area contributed by atoms with Gasteiger partial charge in [-0.15, -0.1) is 0 Å². The van der Waals surface area contributed by atoms with Crippen molar-refractivity contribution in [3.63, 3.8) is 0 Å². The third-order valence-corrected chi connectivity index (χ3v) is 3.84. The minimum absolute atomic E-state index is 0.167. The summed E-state index contributed by atoms with van der Waals surface area (Å²) >= 11 is 0. The molecule has 0 aliphatic carbocycles. The van der Waals surface area contributed by atoms with Crippen LogP contribution in [0.15, 0.2) is 41.0 Å². The lowest BCUT2D eigenvalue weighted by Gasteiger charge is -2.22. The maximum atomic E-state index is 12.1. The molecule has 9 heteroatoms. The molecule has 0 aliphatic heterocycles. The van der Waals surface area contributed by atoms with Gasteiger partial charge in [-0.3, -0.25) is 24.6 Å². The first kappa shape index (κ1) is 19.1. The van der Waals surface area contributed by atoms with Crippen LogP contribution in [0.2, 0.25) is 0 Å². The molecule has 26 heavy (non-hydrogen) atoms. The zero-order valence-electron chi connectivity index (χ0n) is 14.7. The Morgan fingerprint density at radius 2 is 2.00 bits per heavy atom. The number of carbonyl (C=O) groups is 2. The number of aryl methyl sites for hydroxylation is 1. The van der Waals surface area contributed by atoms with Gasteiger partial charge in [-0.1, -0.05) is 6.07 Å². The van der Waals surface area contributed by atoms with E-state index < -0.39 is 16.7 Å². The van der Waals surface area contributed by atoms with Gasteiger partial charge in [-0.05, 0) is 38.7 Å². The summed E-state index contributed by atoms with van der Waals surface area (Å²) in [4.78, 5) is 36.3. The quantitative estimate of drug-likeness (QED) is 0.461. The number of carbonyl (C=O) groups excluding carboxylic acids is 2. The monoisotopic (exact) mass is 360 g/mol. The second-order valence-corrected chi connectivity index (χ2v) is 5.92. The average molecular weight is 360 g/mol. The number of nitro benzene ring substituents is 1. The van der Waals surface area contributed by atoms with Gasteiger partial charge in [0.05, 0.1) is 22.9 Å². The number of hydrogen-bond donors (Lipinski definition) is 2. The van der Waals surface area contributed by atoms with Crippen molar-refractivity contribution in [3.8, 4) is 0 Å². The normalized spacial score (nSPS) is 11.8. The summed E-state index contributed by atoms with van der Waals surface area (Å²) in [6.07, 6.45) is 1.53. The van der Waals surface area contributed by atoms with Crippen LogP contribution in [-0.4, -0.2) is 42.3 Å². The largest absolute Gasteiger partial charge is 0.468 e. The number of nitrogens with zero attached hydrogens (tertiary/aromatic N) is 2. The van der Waals surface area contributed by atoms with Crippen LogP contribution in [-0.2, 0) is 9.59 Å². The molecule has 0 fully saturated rings. The van der Waals surface area contributed by atoms with Crippen molar-refractivity contribution in [1.82, 2.24) is 10.2 Å². The first-order chi connectivity index (χ1) is 12.3. The van der Waals surface area contributed by atoms with Crippen LogP contribution in [0.1, 0.15) is 17.4 Å². The van der Waals surface area contributed by atoms with Gasteiger partial charge in [0, 0.05) is 18.7 Å². The van der Waals surface area contributed by atoms with Crippen molar-refractivity contribution in [2.24, 2.45) is 0 Å². The van der Waals surface area contributed by atoms with Crippen LogP contribution in [0.25, 0.3) is 0 Å². The average Bonchev–Trinajstić information content (AvgIpc) is 3.10. The summed E-state index contributed by atoms with van der Waals surface area (Å²) in [6.45, 7) is 1.84. The molecular formula is C17H20N4O5. The predicted molar refractivity (Wildman–Crippen MR) is 94.6 cm³/mol. The van der Waals surface area contributed by atoms with Gasteiger partial charge in [-0.2, -0.15) is 0 Å². The Kier molecular flexibility index (Phi) is 6.07. The molecule has 1 aromatic heterocycles. The highest BCUT2D eigenvalue weighted by Crippen LogP contribution is 2.22. The zero-order chi connectivity index (χ0) is 19.3. The first-order valence-corrected chi connectivity index (χ1v) is 7.83. The number of nitrogens with one attached hydrogen (secondary N) is 2. The molecule has 0 unspecified atom stereocenters. The van der Waals surface area contributed by atoms with Crippen LogP contribution in [0.4, 0.5) is 11.4 Å². The molecule has 0 radical (unpaired) electrons. The lowest BCUT2D eigenvalue weighted by molar-refractivity contribution is -0.384. The van der Waals surface area contributed by atoms with E-state index in [4.69, 9.17) is 4.42 Å². The van der Waals surface area contributed by atoms with E-state index in [0.29, 0.717) is 11.3 Å². The van der Waals surface area contributed by atoms with E-state index in [9.17, 15) is 19.7 Å². The van der Waals surface area contributed by atoms with Crippen LogP contribution in [0.3, 0.4) is 0 Å². The lowest BCUT2D eigenvalue weighted by Crippen LogP contribution is -2.40. The number of rotatable bonds is 6. The fourth-order valence-electron chi connectivity index (χ4n) is 2.33. The molecule has 1 aromatic carbocycles. The fraction of sp³-hybridized carbons (Fsp3) is 0.294. The molecule has 0 aliphatic rings. The van der Waals surface area contributed by atoms with Crippen molar-refractivity contribution < 1.29 is 18.9 Å². The van der Waals surface area contributed by atoms with E-state index in [0.717, 1.165) is 0 Å². The zero-order valence-corrected chi connectivity index (χ0v) is 14.7. The first-order valence-electron chi connectivity index (χ1n) is 7.83. The van der Waals surface area contributed by atoms with Crippen LogP contribution in [0, 0.1) is 17.0 Å². The molecule has 2 amide bonds. The molecule has 0 spiro atoms. The van der Waals surface area contributed by atoms with E-state index >= 15 is 0 Å². The predicted octanol–water partition coefficient (Wildman–Crippen LogP) is 1.85. The molecule has 1 atom stereocenters. The third kappa shape index (κ3) is 4.67. The number of anilines is 1. The van der Waals surface area contributed by atoms with Gasteiger partial charge in [0.1, 0.15) is 5.76 Å². The van der Waals surface area contributed by atoms with Gasteiger partial charge in [0.15, 0.2) is 0 Å². The van der Waals surface area contributed by atoms with E-state index in [1.165, 1.54) is 24.5 Å². The standard InChI is InChI=1S/C17H20N4O5/c1-11-6-7-12(21(24)25)9-13(11)19-17(23)16(22)18-10-14(20(2)3)15-5-4-8-26-15/h4-9,14H,10H2,1-3H3,(H,18,22)(H,19,23)/t14-/m1/s1. The molecule has 1 heterocycles. The Balaban J connectivity index is 2.00. The van der Waals surface area contributed by atoms with E-state index in [1.54, 1.807) is 19.1 Å². The summed E-state index contributed by atoms with van der Waals surface area (Å²) in [5.41, 5.74) is 0.657. The summed E-state index contributed by atoms with van der Waals surface area (Å²) in [7, 11) is 3.65. The molecule has 0 saturated heterocycles. The molecule has 2 aromatic rings. The molecular weight excluding hydrogens is 340 g/mol. The lowest BCUT2D eigenvalue weighted by atomic mass is 10.2. The maximum absolute atomic E-state index is 12.1. The molecule has 138 valence electrons. The van der Waals surface area contributed by atoms with E-state index in [2.05, 4.69) is 10.6 Å². The second kappa shape index (κ2) is 8.26. The molecule has 0 bridgehead atoms. The summed E-state index contributed by atoms with van der Waals surface area (Å²) < 4.78 is 5.34. The van der Waals surface area contributed by atoms with Crippen molar-refractivity contribution in [1.29, 1.82) is 0 Å². The minimum atomic E-state index is -0.898. The second-order valence-electron chi connectivity index (χ2n) is 5.92. The number of hydrogen-bond acceptors (Lipinski definition) is 6. The van der Waals surface area contributed by atoms with Gasteiger partial charge in [0.2, 0.25) is 0 Å². The van der Waals surface area contributed by atoms with Crippen LogP contribution in [0.5, 0.6) is 0 Å². The molecule has 2 N–H and O–H groups in total. The Morgan fingerprint density at radius 3 is 2.58 bits per heavy atom. The van der Waals surface area contributed by atoms with E-state index in [1.807, 2.05) is 19.0 Å². The number of likely N-dealkylation sites (N-methyl/N-ethyl adjacent to an activating group) is 1. The topological polar surface area (TPSA) is 118 Å². The highest BCUT2D eigenvalue weighted by molar-refractivity contribution is 6.39. The van der Waals surface area contributed by atoms with Crippen molar-refractivity contribution in [3.05, 3.63) is 58.0 Å². The van der Waals surface area contributed by atoms with Crippen molar-refractivity contribution >= 4 is 23.2 Å². The number of furan rings is 1. The number of benzene rings is 1. The highest BCUT2D eigenvalue weighted by Gasteiger charge is 2.21. The number of non-ortho nitro benzene ring substituents is 1. The highest BCUT2D eigenvalue weighted by atomic mass is 16.6. The van der Waals surface area contributed by atoms with Gasteiger partial charge in [-0.25, -0.2) is 0 Å². The number of nitro groups is 1.